The van der Waals surface area contributed by atoms with Gasteiger partial charge in [-0.2, -0.15) is 0 Å². The van der Waals surface area contributed by atoms with Crippen molar-refractivity contribution in [2.75, 3.05) is 31.5 Å². The van der Waals surface area contributed by atoms with E-state index in [1.807, 2.05) is 31.2 Å². The fraction of sp³-hybridized carbons (Fsp3) is 0.259. The number of nitrogens with one attached hydrogen (secondary N) is 1. The van der Waals surface area contributed by atoms with Crippen molar-refractivity contribution in [3.05, 3.63) is 101 Å². The molecule has 0 saturated carbocycles. The predicted octanol–water partition coefficient (Wildman–Crippen LogP) is 3.54. The van der Waals surface area contributed by atoms with Crippen LogP contribution in [0.2, 0.25) is 0 Å². The Labute approximate surface area is 205 Å². The fourth-order valence-electron chi connectivity index (χ4n) is 4.43. The molecule has 1 saturated heterocycles. The van der Waals surface area contributed by atoms with E-state index in [0.717, 1.165) is 56.2 Å². The summed E-state index contributed by atoms with van der Waals surface area (Å²) in [6, 6.07) is 24.3. The number of rotatable bonds is 7. The van der Waals surface area contributed by atoms with Gasteiger partial charge in [-0.3, -0.25) is 14.6 Å². The van der Waals surface area contributed by atoms with Crippen molar-refractivity contribution in [2.24, 2.45) is 0 Å². The highest BCUT2D eigenvalue weighted by atomic mass is 16.1. The molecule has 0 bridgehead atoms. The van der Waals surface area contributed by atoms with Crippen molar-refractivity contribution >= 4 is 11.6 Å². The molecule has 0 aliphatic carbocycles. The van der Waals surface area contributed by atoms with E-state index in [9.17, 15) is 4.79 Å². The maximum absolute atomic E-state index is 12.8. The first-order valence-corrected chi connectivity index (χ1v) is 11.9. The Bertz CT molecular complexity index is 1250. The minimum atomic E-state index is -0.140. The Hall–Kier alpha value is -3.88. The number of hydrogen-bond donors (Lipinski definition) is 1. The predicted molar refractivity (Wildman–Crippen MR) is 135 cm³/mol. The molecule has 1 aromatic heterocycles. The number of carbonyl (C=O) groups is 1. The van der Waals surface area contributed by atoms with Gasteiger partial charge in [-0.25, -0.2) is 4.68 Å². The maximum Gasteiger partial charge on any atom is 0.255 e. The smallest absolute Gasteiger partial charge is 0.255 e. The van der Waals surface area contributed by atoms with Crippen molar-refractivity contribution in [3.8, 4) is 5.69 Å². The second-order valence-corrected chi connectivity index (χ2v) is 8.94. The van der Waals surface area contributed by atoms with E-state index in [1.165, 1.54) is 17.5 Å². The van der Waals surface area contributed by atoms with Crippen LogP contribution in [0.3, 0.4) is 0 Å². The zero-order valence-corrected chi connectivity index (χ0v) is 19.8. The van der Waals surface area contributed by atoms with Crippen molar-refractivity contribution in [2.45, 2.75) is 20.0 Å². The van der Waals surface area contributed by atoms with E-state index in [4.69, 9.17) is 0 Å². The van der Waals surface area contributed by atoms with E-state index in [1.54, 1.807) is 10.7 Å². The molecule has 8 heteroatoms. The van der Waals surface area contributed by atoms with Crippen LogP contribution in [0.1, 0.15) is 27.0 Å². The van der Waals surface area contributed by atoms with Gasteiger partial charge in [0, 0.05) is 50.5 Å². The van der Waals surface area contributed by atoms with Crippen molar-refractivity contribution < 1.29 is 4.79 Å². The second-order valence-electron chi connectivity index (χ2n) is 8.94. The minimum Gasteiger partial charge on any atom is -0.322 e. The molecule has 1 N–H and O–H groups in total. The number of tetrazole rings is 1. The van der Waals surface area contributed by atoms with Crippen LogP contribution in [-0.4, -0.2) is 62.1 Å². The summed E-state index contributed by atoms with van der Waals surface area (Å²) in [5.74, 6) is -0.140. The van der Waals surface area contributed by atoms with Gasteiger partial charge in [0.15, 0.2) is 0 Å². The van der Waals surface area contributed by atoms with Crippen molar-refractivity contribution in [3.63, 3.8) is 0 Å². The average Bonchev–Trinajstić information content (AvgIpc) is 3.42. The number of aryl methyl sites for hydroxylation is 1. The fourth-order valence-corrected chi connectivity index (χ4v) is 4.43. The van der Waals surface area contributed by atoms with E-state index in [0.29, 0.717) is 5.56 Å². The molecule has 1 aliphatic heterocycles. The summed E-state index contributed by atoms with van der Waals surface area (Å²) in [7, 11) is 0. The number of anilines is 1. The largest absolute Gasteiger partial charge is 0.322 e. The maximum atomic E-state index is 12.8. The van der Waals surface area contributed by atoms with E-state index >= 15 is 0 Å². The van der Waals surface area contributed by atoms with Crippen LogP contribution in [0.25, 0.3) is 5.69 Å². The Morgan fingerprint density at radius 3 is 2.11 bits per heavy atom. The minimum absolute atomic E-state index is 0.140. The molecule has 0 spiro atoms. The van der Waals surface area contributed by atoms with Gasteiger partial charge < -0.3 is 5.32 Å². The molecule has 178 valence electrons. The third-order valence-electron chi connectivity index (χ3n) is 6.39. The zero-order chi connectivity index (χ0) is 24.0. The summed E-state index contributed by atoms with van der Waals surface area (Å²) in [5.41, 5.74) is 5.77. The molecule has 35 heavy (non-hydrogen) atoms. The van der Waals surface area contributed by atoms with Gasteiger partial charge in [-0.05, 0) is 64.4 Å². The lowest BCUT2D eigenvalue weighted by Gasteiger charge is -2.34. The topological polar surface area (TPSA) is 79.2 Å². The normalized spacial score (nSPS) is 14.7. The highest BCUT2D eigenvalue weighted by Gasteiger charge is 2.17. The molecule has 3 aromatic carbocycles. The van der Waals surface area contributed by atoms with Crippen LogP contribution in [0.5, 0.6) is 0 Å². The molecule has 0 radical (unpaired) electrons. The molecule has 4 aromatic rings. The highest BCUT2D eigenvalue weighted by molar-refractivity contribution is 6.04. The third-order valence-corrected chi connectivity index (χ3v) is 6.39. The molecule has 5 rings (SSSR count). The second kappa shape index (κ2) is 10.6. The lowest BCUT2D eigenvalue weighted by Crippen LogP contribution is -2.45. The first-order chi connectivity index (χ1) is 17.1. The van der Waals surface area contributed by atoms with Gasteiger partial charge in [0.05, 0.1) is 5.69 Å². The quantitative estimate of drug-likeness (QED) is 0.448. The number of amides is 1. The monoisotopic (exact) mass is 467 g/mol. The van der Waals surface area contributed by atoms with Gasteiger partial charge in [-0.15, -0.1) is 5.10 Å². The molecule has 0 unspecified atom stereocenters. The van der Waals surface area contributed by atoms with Crippen LogP contribution in [0.4, 0.5) is 5.69 Å². The zero-order valence-electron chi connectivity index (χ0n) is 19.8. The molecular formula is C27H29N7O. The molecule has 1 amide bonds. The summed E-state index contributed by atoms with van der Waals surface area (Å²) in [6.45, 7) is 8.15. The summed E-state index contributed by atoms with van der Waals surface area (Å²) in [6.07, 6.45) is 1.54. The van der Waals surface area contributed by atoms with Crippen LogP contribution < -0.4 is 5.32 Å². The molecular weight excluding hydrogens is 438 g/mol. The number of nitrogens with zero attached hydrogens (tertiary/aromatic N) is 6. The summed E-state index contributed by atoms with van der Waals surface area (Å²) in [5, 5.41) is 14.2. The molecule has 1 fully saturated rings. The SMILES string of the molecule is Cc1cc(C(=O)Nc2ccc(CN3CCN(Cc4ccccc4)CC3)cc2)ccc1-n1cnnn1. The number of benzene rings is 3. The Balaban J connectivity index is 1.12. The van der Waals surface area contributed by atoms with Crippen LogP contribution in [-0.2, 0) is 13.1 Å². The lowest BCUT2D eigenvalue weighted by atomic mass is 10.1. The average molecular weight is 468 g/mol. The first-order valence-electron chi connectivity index (χ1n) is 11.9. The van der Waals surface area contributed by atoms with E-state index in [2.05, 4.69) is 73.1 Å². The van der Waals surface area contributed by atoms with Gasteiger partial charge in [0.2, 0.25) is 0 Å². The van der Waals surface area contributed by atoms with Crippen LogP contribution in [0, 0.1) is 6.92 Å². The standard InChI is InChI=1S/C27H29N7O/c1-21-17-24(9-12-26(21)34-20-28-30-31-34)27(35)29-25-10-7-23(8-11-25)19-33-15-13-32(14-16-33)18-22-5-3-2-4-6-22/h2-12,17,20H,13-16,18-19H2,1H3,(H,29,35). The lowest BCUT2D eigenvalue weighted by molar-refractivity contribution is 0.102. The summed E-state index contributed by atoms with van der Waals surface area (Å²) in [4.78, 5) is 17.8. The van der Waals surface area contributed by atoms with Crippen molar-refractivity contribution in [1.82, 2.24) is 30.0 Å². The number of hydrogen-bond acceptors (Lipinski definition) is 6. The summed E-state index contributed by atoms with van der Waals surface area (Å²) < 4.78 is 1.58. The molecule has 2 heterocycles. The summed E-state index contributed by atoms with van der Waals surface area (Å²) >= 11 is 0. The van der Waals surface area contributed by atoms with Crippen LogP contribution >= 0.6 is 0 Å². The van der Waals surface area contributed by atoms with Gasteiger partial charge in [-0.1, -0.05) is 42.5 Å². The van der Waals surface area contributed by atoms with Gasteiger partial charge in [0.25, 0.3) is 5.91 Å². The molecule has 0 atom stereocenters. The Kier molecular flexibility index (Phi) is 6.92. The number of piperazine rings is 1. The third kappa shape index (κ3) is 5.79. The number of carbonyl (C=O) groups excluding carboxylic acids is 1. The van der Waals surface area contributed by atoms with E-state index in [-0.39, 0.29) is 5.91 Å². The Morgan fingerprint density at radius 1 is 0.857 bits per heavy atom. The molecule has 1 aliphatic rings. The van der Waals surface area contributed by atoms with Crippen molar-refractivity contribution in [1.29, 1.82) is 0 Å². The van der Waals surface area contributed by atoms with E-state index < -0.39 is 0 Å². The van der Waals surface area contributed by atoms with Gasteiger partial charge in [0.1, 0.15) is 6.33 Å². The highest BCUT2D eigenvalue weighted by Crippen LogP contribution is 2.18. The van der Waals surface area contributed by atoms with Gasteiger partial charge >= 0.3 is 0 Å². The Morgan fingerprint density at radius 2 is 1.51 bits per heavy atom. The van der Waals surface area contributed by atoms with Crippen LogP contribution in [0.15, 0.2) is 79.1 Å². The first kappa shape index (κ1) is 22.9. The number of aromatic nitrogens is 4. The molecule has 8 nitrogen and oxygen atoms in total.